The molecule has 2 aromatic carbocycles. The van der Waals surface area contributed by atoms with Gasteiger partial charge < -0.3 is 29.0 Å². The molecule has 1 aliphatic heterocycles. The summed E-state index contributed by atoms with van der Waals surface area (Å²) >= 11 is 0. The molecule has 0 bridgehead atoms. The third-order valence-electron chi connectivity index (χ3n) is 4.98. The molecule has 3 rings (SSSR count). The maximum absolute atomic E-state index is 13.3. The van der Waals surface area contributed by atoms with Gasteiger partial charge in [-0.2, -0.15) is 0 Å². The van der Waals surface area contributed by atoms with Crippen molar-refractivity contribution >= 4 is 23.1 Å². The molecule has 0 saturated heterocycles. The molecule has 9 nitrogen and oxygen atoms in total. The van der Waals surface area contributed by atoms with Crippen LogP contribution in [-0.4, -0.2) is 65.4 Å². The van der Waals surface area contributed by atoms with Gasteiger partial charge in [-0.3, -0.25) is 14.5 Å². The molecule has 0 aliphatic carbocycles. The zero-order chi connectivity index (χ0) is 23.3. The summed E-state index contributed by atoms with van der Waals surface area (Å²) in [7, 11) is 7.60. The zero-order valence-electron chi connectivity index (χ0n) is 18.7. The number of amides is 2. The van der Waals surface area contributed by atoms with Gasteiger partial charge in [0.05, 0.1) is 47.2 Å². The highest BCUT2D eigenvalue weighted by atomic mass is 16.5. The fraction of sp³-hybridized carbons (Fsp3) is 0.304. The van der Waals surface area contributed by atoms with Crippen LogP contribution >= 0.6 is 0 Å². The number of anilines is 1. The minimum atomic E-state index is -0.460. The van der Waals surface area contributed by atoms with E-state index in [2.05, 4.69) is 5.32 Å². The van der Waals surface area contributed by atoms with Crippen molar-refractivity contribution in [3.8, 4) is 23.0 Å². The SMILES string of the molecule is COCCN1C(=O)C(Nc2cc(OC)cc(OC)c2)=C(c2ccc(OC)c(OC)c2)C1=O. The topological polar surface area (TPSA) is 95.6 Å². The highest BCUT2D eigenvalue weighted by molar-refractivity contribution is 6.36. The molecule has 0 radical (unpaired) electrons. The highest BCUT2D eigenvalue weighted by Crippen LogP contribution is 2.36. The summed E-state index contributed by atoms with van der Waals surface area (Å²) in [6.45, 7) is 0.342. The summed E-state index contributed by atoms with van der Waals surface area (Å²) in [6, 6.07) is 10.2. The van der Waals surface area contributed by atoms with Gasteiger partial charge in [0.15, 0.2) is 11.5 Å². The molecule has 9 heteroatoms. The third-order valence-corrected chi connectivity index (χ3v) is 4.98. The molecular weight excluding hydrogens is 416 g/mol. The van der Waals surface area contributed by atoms with Gasteiger partial charge in [-0.05, 0) is 17.7 Å². The molecule has 1 aliphatic rings. The van der Waals surface area contributed by atoms with Crippen molar-refractivity contribution in [1.82, 2.24) is 4.90 Å². The van der Waals surface area contributed by atoms with Gasteiger partial charge in [0.1, 0.15) is 17.2 Å². The molecular formula is C23H26N2O7. The number of carbonyl (C=O) groups is 2. The second kappa shape index (κ2) is 10.1. The van der Waals surface area contributed by atoms with Crippen molar-refractivity contribution in [2.45, 2.75) is 0 Å². The normalized spacial score (nSPS) is 13.5. The molecule has 0 aromatic heterocycles. The lowest BCUT2D eigenvalue weighted by Crippen LogP contribution is -2.35. The van der Waals surface area contributed by atoms with E-state index in [-0.39, 0.29) is 24.4 Å². The quantitative estimate of drug-likeness (QED) is 0.561. The number of methoxy groups -OCH3 is 5. The Morgan fingerprint density at radius 2 is 1.44 bits per heavy atom. The molecule has 170 valence electrons. The lowest BCUT2D eigenvalue weighted by molar-refractivity contribution is -0.137. The highest BCUT2D eigenvalue weighted by Gasteiger charge is 2.39. The molecule has 32 heavy (non-hydrogen) atoms. The molecule has 0 saturated carbocycles. The second-order valence-electron chi connectivity index (χ2n) is 6.80. The van der Waals surface area contributed by atoms with Gasteiger partial charge in [-0.25, -0.2) is 0 Å². The number of hydrogen-bond acceptors (Lipinski definition) is 8. The van der Waals surface area contributed by atoms with Crippen LogP contribution < -0.4 is 24.3 Å². The Morgan fingerprint density at radius 3 is 2.00 bits per heavy atom. The molecule has 0 atom stereocenters. The number of nitrogens with zero attached hydrogens (tertiary/aromatic N) is 1. The van der Waals surface area contributed by atoms with E-state index < -0.39 is 11.8 Å². The van der Waals surface area contributed by atoms with E-state index in [9.17, 15) is 9.59 Å². The predicted molar refractivity (Wildman–Crippen MR) is 118 cm³/mol. The van der Waals surface area contributed by atoms with Gasteiger partial charge >= 0.3 is 0 Å². The smallest absolute Gasteiger partial charge is 0.278 e. The largest absolute Gasteiger partial charge is 0.497 e. The van der Waals surface area contributed by atoms with Crippen LogP contribution in [0.5, 0.6) is 23.0 Å². The Hall–Kier alpha value is -3.72. The van der Waals surface area contributed by atoms with Crippen molar-refractivity contribution in [2.75, 3.05) is 54.0 Å². The number of carbonyl (C=O) groups excluding carboxylic acids is 2. The van der Waals surface area contributed by atoms with Gasteiger partial charge in [-0.15, -0.1) is 0 Å². The minimum absolute atomic E-state index is 0.123. The fourth-order valence-corrected chi connectivity index (χ4v) is 3.36. The summed E-state index contributed by atoms with van der Waals surface area (Å²) in [5, 5.41) is 3.09. The van der Waals surface area contributed by atoms with Gasteiger partial charge in [0.25, 0.3) is 11.8 Å². The van der Waals surface area contributed by atoms with Crippen LogP contribution in [0.15, 0.2) is 42.1 Å². The standard InChI is InChI=1S/C23H26N2O7/c1-28-9-8-25-22(26)20(14-6-7-18(31-4)19(10-14)32-5)21(23(25)27)24-15-11-16(29-2)13-17(12-15)30-3/h6-7,10-13,24H,8-9H2,1-5H3. The first-order valence-corrected chi connectivity index (χ1v) is 9.79. The first-order chi connectivity index (χ1) is 15.5. The molecule has 0 spiro atoms. The Bertz CT molecular complexity index is 1030. The van der Waals surface area contributed by atoms with E-state index in [1.54, 1.807) is 36.4 Å². The van der Waals surface area contributed by atoms with Crippen molar-refractivity contribution < 1.29 is 33.3 Å². The Balaban J connectivity index is 2.11. The van der Waals surface area contributed by atoms with Crippen LogP contribution in [0.2, 0.25) is 0 Å². The average Bonchev–Trinajstić information content (AvgIpc) is 3.05. The van der Waals surface area contributed by atoms with Crippen molar-refractivity contribution in [1.29, 1.82) is 0 Å². The number of rotatable bonds is 10. The maximum atomic E-state index is 13.3. The van der Waals surface area contributed by atoms with E-state index in [1.807, 2.05) is 0 Å². The zero-order valence-corrected chi connectivity index (χ0v) is 18.7. The summed E-state index contributed by atoms with van der Waals surface area (Å²) in [4.78, 5) is 27.6. The Kier molecular flexibility index (Phi) is 7.21. The number of nitrogens with one attached hydrogen (secondary N) is 1. The molecule has 1 N–H and O–H groups in total. The molecule has 2 amide bonds. The van der Waals surface area contributed by atoms with Crippen LogP contribution in [-0.2, 0) is 14.3 Å². The van der Waals surface area contributed by atoms with Gasteiger partial charge in [0.2, 0.25) is 0 Å². The van der Waals surface area contributed by atoms with E-state index in [1.165, 1.54) is 35.5 Å². The molecule has 1 heterocycles. The first-order valence-electron chi connectivity index (χ1n) is 9.79. The van der Waals surface area contributed by atoms with E-state index in [0.717, 1.165) is 4.90 Å². The van der Waals surface area contributed by atoms with E-state index in [0.29, 0.717) is 34.2 Å². The average molecular weight is 442 g/mol. The molecule has 2 aromatic rings. The van der Waals surface area contributed by atoms with Crippen molar-refractivity contribution in [3.63, 3.8) is 0 Å². The van der Waals surface area contributed by atoms with Gasteiger partial charge in [0, 0.05) is 31.0 Å². The van der Waals surface area contributed by atoms with Crippen molar-refractivity contribution in [2.24, 2.45) is 0 Å². The van der Waals surface area contributed by atoms with E-state index >= 15 is 0 Å². The predicted octanol–water partition coefficient (Wildman–Crippen LogP) is 2.56. The van der Waals surface area contributed by atoms with Crippen LogP contribution in [0.4, 0.5) is 5.69 Å². The maximum Gasteiger partial charge on any atom is 0.278 e. The Labute approximate surface area is 186 Å². The van der Waals surface area contributed by atoms with E-state index in [4.69, 9.17) is 23.7 Å². The first kappa shape index (κ1) is 23.0. The molecule has 0 fully saturated rings. The van der Waals surface area contributed by atoms with Crippen LogP contribution in [0.25, 0.3) is 5.57 Å². The monoisotopic (exact) mass is 442 g/mol. The number of imide groups is 1. The van der Waals surface area contributed by atoms with Crippen LogP contribution in [0, 0.1) is 0 Å². The summed E-state index contributed by atoms with van der Waals surface area (Å²) in [6.07, 6.45) is 0. The second-order valence-corrected chi connectivity index (χ2v) is 6.80. The number of ether oxygens (including phenoxy) is 5. The lowest BCUT2D eigenvalue weighted by atomic mass is 10.0. The minimum Gasteiger partial charge on any atom is -0.497 e. The Morgan fingerprint density at radius 1 is 0.781 bits per heavy atom. The fourth-order valence-electron chi connectivity index (χ4n) is 3.36. The summed E-state index contributed by atoms with van der Waals surface area (Å²) in [5.41, 5.74) is 1.39. The third kappa shape index (κ3) is 4.47. The van der Waals surface area contributed by atoms with Crippen LogP contribution in [0.1, 0.15) is 5.56 Å². The number of benzene rings is 2. The van der Waals surface area contributed by atoms with Gasteiger partial charge in [-0.1, -0.05) is 6.07 Å². The summed E-state index contributed by atoms with van der Waals surface area (Å²) in [5.74, 6) is 1.13. The van der Waals surface area contributed by atoms with Crippen molar-refractivity contribution in [3.05, 3.63) is 47.7 Å². The lowest BCUT2D eigenvalue weighted by Gasteiger charge is -2.15. The molecule has 0 unspecified atom stereocenters. The number of hydrogen-bond donors (Lipinski definition) is 1. The van der Waals surface area contributed by atoms with Crippen LogP contribution in [0.3, 0.4) is 0 Å². The summed E-state index contributed by atoms with van der Waals surface area (Å²) < 4.78 is 26.3.